The van der Waals surface area contributed by atoms with E-state index in [1.165, 1.54) is 5.56 Å². The first-order valence-corrected chi connectivity index (χ1v) is 13.2. The lowest BCUT2D eigenvalue weighted by Gasteiger charge is -2.32. The number of nitrogens with two attached hydrogens (primary N) is 1. The fraction of sp³-hybridized carbons (Fsp3) is 0.348. The topological polar surface area (TPSA) is 82.3 Å². The number of fused-ring (bicyclic) bond motifs is 1. The zero-order chi connectivity index (χ0) is 20.6. The zero-order valence-electron chi connectivity index (χ0n) is 17.1. The molecule has 1 aliphatic heterocycles. The summed E-state index contributed by atoms with van der Waals surface area (Å²) in [5.41, 5.74) is 9.92. The summed E-state index contributed by atoms with van der Waals surface area (Å²) in [6.07, 6.45) is 3.81. The van der Waals surface area contributed by atoms with Crippen molar-refractivity contribution >= 4 is 30.3 Å². The summed E-state index contributed by atoms with van der Waals surface area (Å²) >= 11 is 0. The van der Waals surface area contributed by atoms with Crippen LogP contribution < -0.4 is 10.9 Å². The monoisotopic (exact) mass is 407 g/mol. The van der Waals surface area contributed by atoms with E-state index in [-0.39, 0.29) is 5.91 Å². The Kier molecular flexibility index (Phi) is 5.33. The molecule has 152 valence electrons. The van der Waals surface area contributed by atoms with Gasteiger partial charge in [-0.2, -0.15) is 0 Å². The van der Waals surface area contributed by atoms with Gasteiger partial charge in [0.05, 0.1) is 0 Å². The van der Waals surface area contributed by atoms with Crippen molar-refractivity contribution in [2.45, 2.75) is 38.4 Å². The summed E-state index contributed by atoms with van der Waals surface area (Å²) in [6, 6.07) is 14.3. The average molecular weight is 408 g/mol. The van der Waals surface area contributed by atoms with Crippen LogP contribution in [0, 0.1) is 0 Å². The van der Waals surface area contributed by atoms with Gasteiger partial charge in [-0.25, -0.2) is 0 Å². The number of rotatable bonds is 4. The van der Waals surface area contributed by atoms with Crippen molar-refractivity contribution in [3.63, 3.8) is 0 Å². The summed E-state index contributed by atoms with van der Waals surface area (Å²) in [5, 5.41) is 1.91. The third-order valence-corrected chi connectivity index (χ3v) is 7.76. The lowest BCUT2D eigenvalue weighted by atomic mass is 9.88. The molecule has 0 unspecified atom stereocenters. The number of aromatic amines is 1. The highest BCUT2D eigenvalue weighted by molar-refractivity contribution is 6.85. The Balaban J connectivity index is 1.49. The van der Waals surface area contributed by atoms with Gasteiger partial charge in [0.2, 0.25) is 8.32 Å². The number of carbonyl (C=O) groups is 1. The van der Waals surface area contributed by atoms with Crippen molar-refractivity contribution in [3.05, 3.63) is 65.4 Å². The van der Waals surface area contributed by atoms with Crippen LogP contribution in [0.4, 0.5) is 0 Å². The largest absolute Gasteiger partial charge is 0.428 e. The molecule has 0 bridgehead atoms. The summed E-state index contributed by atoms with van der Waals surface area (Å²) in [7, 11) is -2.46. The maximum absolute atomic E-state index is 13.1. The molecule has 2 heterocycles. The fourth-order valence-corrected chi connectivity index (χ4v) is 5.62. The van der Waals surface area contributed by atoms with Gasteiger partial charge in [0.25, 0.3) is 5.91 Å². The van der Waals surface area contributed by atoms with E-state index in [1.54, 1.807) is 0 Å². The smallest absolute Gasteiger partial charge is 0.253 e. The molecule has 2 aromatic carbocycles. The van der Waals surface area contributed by atoms with Crippen LogP contribution in [0.2, 0.25) is 13.1 Å². The maximum atomic E-state index is 13.1. The number of benzene rings is 2. The van der Waals surface area contributed by atoms with Crippen LogP contribution in [0.3, 0.4) is 0 Å². The minimum atomic E-state index is -2.46. The van der Waals surface area contributed by atoms with Gasteiger partial charge in [0.1, 0.15) is 0 Å². The second-order valence-corrected chi connectivity index (χ2v) is 12.2. The second-order valence-electron chi connectivity index (χ2n) is 8.54. The summed E-state index contributed by atoms with van der Waals surface area (Å²) in [4.78, 5) is 28.8. The predicted molar refractivity (Wildman–Crippen MR) is 120 cm³/mol. The van der Waals surface area contributed by atoms with Gasteiger partial charge in [-0.05, 0) is 66.4 Å². The van der Waals surface area contributed by atoms with E-state index in [1.807, 2.05) is 42.4 Å². The van der Waals surface area contributed by atoms with Crippen LogP contribution in [0.25, 0.3) is 10.9 Å². The van der Waals surface area contributed by atoms with Gasteiger partial charge < -0.3 is 20.4 Å². The van der Waals surface area contributed by atoms with Crippen LogP contribution in [-0.2, 0) is 6.54 Å². The van der Waals surface area contributed by atoms with Crippen molar-refractivity contribution in [1.29, 1.82) is 0 Å². The number of hydrogen-bond acceptors (Lipinski definition) is 3. The lowest BCUT2D eigenvalue weighted by Crippen LogP contribution is -2.41. The van der Waals surface area contributed by atoms with Crippen molar-refractivity contribution in [2.75, 3.05) is 13.1 Å². The average Bonchev–Trinajstić information content (AvgIpc) is 3.17. The molecule has 6 heteroatoms. The molecule has 4 N–H and O–H groups in total. The van der Waals surface area contributed by atoms with Crippen molar-refractivity contribution in [3.8, 4) is 0 Å². The number of likely N-dealkylation sites (tertiary alicyclic amines) is 1. The van der Waals surface area contributed by atoms with Gasteiger partial charge in [0, 0.05) is 42.3 Å². The summed E-state index contributed by atoms with van der Waals surface area (Å²) in [5.74, 6) is 0.552. The Morgan fingerprint density at radius 2 is 1.97 bits per heavy atom. The Morgan fingerprint density at radius 1 is 1.21 bits per heavy atom. The second kappa shape index (κ2) is 7.78. The Morgan fingerprint density at radius 3 is 2.66 bits per heavy atom. The first-order chi connectivity index (χ1) is 13.9. The number of hydrogen-bond donors (Lipinski definition) is 3. The molecule has 1 amide bonds. The predicted octanol–water partition coefficient (Wildman–Crippen LogP) is 3.05. The van der Waals surface area contributed by atoms with Crippen LogP contribution in [0.5, 0.6) is 0 Å². The lowest BCUT2D eigenvalue weighted by molar-refractivity contribution is 0.0713. The highest BCUT2D eigenvalue weighted by atomic mass is 28.4. The first kappa shape index (κ1) is 19.9. The van der Waals surface area contributed by atoms with Gasteiger partial charge in [0.15, 0.2) is 0 Å². The third kappa shape index (κ3) is 4.01. The molecular formula is C23H29N3O2Si. The molecule has 0 spiro atoms. The molecule has 29 heavy (non-hydrogen) atoms. The number of H-pyrrole nitrogens is 1. The molecule has 0 saturated carbocycles. The van der Waals surface area contributed by atoms with Crippen molar-refractivity contribution < 1.29 is 9.59 Å². The van der Waals surface area contributed by atoms with E-state index >= 15 is 0 Å². The molecule has 1 saturated heterocycles. The normalized spacial score (nSPS) is 15.8. The van der Waals surface area contributed by atoms with Gasteiger partial charge in [-0.1, -0.05) is 24.3 Å². The highest BCUT2D eigenvalue weighted by Crippen LogP contribution is 2.29. The number of aromatic nitrogens is 1. The molecule has 5 nitrogen and oxygen atoms in total. The molecular weight excluding hydrogens is 378 g/mol. The van der Waals surface area contributed by atoms with E-state index in [0.29, 0.717) is 18.0 Å². The van der Waals surface area contributed by atoms with E-state index in [4.69, 9.17) is 5.73 Å². The quantitative estimate of drug-likeness (QED) is 0.581. The maximum Gasteiger partial charge on any atom is 0.253 e. The highest BCUT2D eigenvalue weighted by Gasteiger charge is 2.27. The Hall–Kier alpha value is -2.41. The number of nitrogens with one attached hydrogen (secondary N) is 1. The summed E-state index contributed by atoms with van der Waals surface area (Å²) in [6.45, 7) is 5.87. The van der Waals surface area contributed by atoms with Crippen LogP contribution >= 0.6 is 0 Å². The van der Waals surface area contributed by atoms with Crippen molar-refractivity contribution in [2.24, 2.45) is 5.73 Å². The van der Waals surface area contributed by atoms with Crippen LogP contribution in [-0.4, -0.2) is 42.0 Å². The number of nitrogens with zero attached hydrogens (tertiary/aromatic N) is 1. The SMILES string of the molecule is C[Si](C)(O)c1c[nH]c2ccc(C(=O)N3CCC(c4cccc(CN)c4)CC3)cc12. The molecule has 1 aromatic heterocycles. The van der Waals surface area contributed by atoms with Gasteiger partial charge >= 0.3 is 0 Å². The molecule has 0 aliphatic carbocycles. The molecule has 4 rings (SSSR count). The minimum absolute atomic E-state index is 0.0746. The first-order valence-electron chi connectivity index (χ1n) is 10.3. The fourth-order valence-electron chi connectivity index (χ4n) is 4.33. The molecule has 1 fully saturated rings. The molecule has 1 aliphatic rings. The molecule has 0 radical (unpaired) electrons. The minimum Gasteiger partial charge on any atom is -0.428 e. The van der Waals surface area contributed by atoms with E-state index < -0.39 is 8.32 Å². The zero-order valence-corrected chi connectivity index (χ0v) is 18.1. The van der Waals surface area contributed by atoms with Gasteiger partial charge in [-0.3, -0.25) is 4.79 Å². The Bertz CT molecular complexity index is 1030. The van der Waals surface area contributed by atoms with Gasteiger partial charge in [-0.15, -0.1) is 0 Å². The molecule has 3 aromatic rings. The molecule has 0 atom stereocenters. The van der Waals surface area contributed by atoms with E-state index in [2.05, 4.69) is 29.2 Å². The van der Waals surface area contributed by atoms with Crippen LogP contribution in [0.15, 0.2) is 48.7 Å². The number of amides is 1. The standard InChI is InChI=1S/C23H29N3O2Si/c1-29(2,28)22-15-25-21-7-6-19(13-20(21)22)23(27)26-10-8-17(9-11-26)18-5-3-4-16(12-18)14-24/h3-7,12-13,15,17,25,28H,8-11,14,24H2,1-2H3. The van der Waals surface area contributed by atoms with Crippen molar-refractivity contribution in [1.82, 2.24) is 9.88 Å². The van der Waals surface area contributed by atoms with E-state index in [9.17, 15) is 9.59 Å². The third-order valence-electron chi connectivity index (χ3n) is 6.03. The number of piperidine rings is 1. The van der Waals surface area contributed by atoms with E-state index in [0.717, 1.165) is 47.6 Å². The number of carbonyl (C=O) groups excluding carboxylic acids is 1. The van der Waals surface area contributed by atoms with Crippen LogP contribution in [0.1, 0.15) is 40.2 Å². The summed E-state index contributed by atoms with van der Waals surface area (Å²) < 4.78 is 0. The Labute approximate surface area is 172 Å².